The number of aliphatic hydroxyl groups is 2. The molecule has 5 atom stereocenters. The van der Waals surface area contributed by atoms with Gasteiger partial charge in [0, 0.05) is 45.1 Å². The van der Waals surface area contributed by atoms with Crippen molar-refractivity contribution in [2.75, 3.05) is 46.4 Å². The summed E-state index contributed by atoms with van der Waals surface area (Å²) in [6.45, 7) is 11.0. The van der Waals surface area contributed by atoms with E-state index >= 15 is 0 Å². The van der Waals surface area contributed by atoms with Crippen LogP contribution in [0.15, 0.2) is 78.9 Å². The zero-order chi connectivity index (χ0) is 35.7. The van der Waals surface area contributed by atoms with Crippen molar-refractivity contribution in [1.29, 1.82) is 0 Å². The number of benzene rings is 3. The Morgan fingerprint density at radius 2 is 1.56 bits per heavy atom. The van der Waals surface area contributed by atoms with Crippen LogP contribution in [0.5, 0.6) is 5.75 Å². The lowest BCUT2D eigenvalue weighted by Gasteiger charge is -2.32. The van der Waals surface area contributed by atoms with Gasteiger partial charge in [-0.2, -0.15) is 0 Å². The Hall–Kier alpha value is -3.96. The van der Waals surface area contributed by atoms with E-state index in [0.29, 0.717) is 25.9 Å². The molecule has 0 saturated carbocycles. The van der Waals surface area contributed by atoms with Crippen LogP contribution in [0.3, 0.4) is 0 Å². The average Bonchev–Trinajstić information content (AvgIpc) is 3.39. The second kappa shape index (κ2) is 17.3. The van der Waals surface area contributed by atoms with Gasteiger partial charge in [0.1, 0.15) is 18.0 Å². The number of hydrogen-bond donors (Lipinski definition) is 4. The van der Waals surface area contributed by atoms with Crippen LogP contribution >= 0.6 is 0 Å². The van der Waals surface area contributed by atoms with Crippen molar-refractivity contribution in [1.82, 2.24) is 20.4 Å². The number of nitrogens with one attached hydrogen (secondary N) is 2. The molecule has 4 N–H and O–H groups in total. The zero-order valence-corrected chi connectivity index (χ0v) is 29.9. The van der Waals surface area contributed by atoms with E-state index in [-0.39, 0.29) is 12.3 Å². The molecule has 1 saturated heterocycles. The maximum Gasteiger partial charge on any atom is 0.407 e. The summed E-state index contributed by atoms with van der Waals surface area (Å²) in [5.41, 5.74) is 3.04. The molecule has 0 bridgehead atoms. The van der Waals surface area contributed by atoms with E-state index in [9.17, 15) is 19.8 Å². The number of nitrogens with zero attached hydrogens (tertiary/aromatic N) is 2. The zero-order valence-electron chi connectivity index (χ0n) is 29.9. The molecular formula is C40H54N4O6. The normalized spacial score (nSPS) is 20.0. The molecule has 50 heavy (non-hydrogen) atoms. The molecule has 3 aromatic rings. The number of hydrogen-bond acceptors (Lipinski definition) is 8. The molecule has 10 nitrogen and oxygen atoms in total. The minimum absolute atomic E-state index is 0.0763. The highest BCUT2D eigenvalue weighted by Gasteiger charge is 2.35. The fraction of sp³-hybridized carbons (Fsp3) is 0.500. The highest BCUT2D eigenvalue weighted by molar-refractivity contribution is 5.80. The first-order valence-electron chi connectivity index (χ1n) is 17.8. The number of carbonyl (C=O) groups excluding carboxylic acids is 2. The van der Waals surface area contributed by atoms with Crippen molar-refractivity contribution in [3.8, 4) is 5.75 Å². The Bertz CT molecular complexity index is 1520. The SMILES string of the molecule is CN1CCN(CCOc2ccc(C[C@@H](C[C@H](O)[C@H](Cc3ccccc3)NC(=O)OC(C)(C)C)C(=O)N[C@H]3c4ccccc4C[C@H]3O)cc2)CC1. The lowest BCUT2D eigenvalue weighted by atomic mass is 9.88. The molecular weight excluding hydrogens is 632 g/mol. The van der Waals surface area contributed by atoms with Gasteiger partial charge in [-0.15, -0.1) is 0 Å². The second-order valence-corrected chi connectivity index (χ2v) is 14.7. The smallest absolute Gasteiger partial charge is 0.407 e. The molecule has 1 fully saturated rings. The van der Waals surface area contributed by atoms with Gasteiger partial charge >= 0.3 is 6.09 Å². The molecule has 1 heterocycles. The van der Waals surface area contributed by atoms with Crippen LogP contribution in [-0.2, 0) is 28.8 Å². The molecule has 2 aliphatic rings. The third-order valence-electron chi connectivity index (χ3n) is 9.54. The summed E-state index contributed by atoms with van der Waals surface area (Å²) < 4.78 is 11.6. The monoisotopic (exact) mass is 686 g/mol. The Balaban J connectivity index is 1.30. The van der Waals surface area contributed by atoms with Crippen LogP contribution in [0.25, 0.3) is 0 Å². The van der Waals surface area contributed by atoms with Crippen molar-refractivity contribution < 1.29 is 29.3 Å². The molecule has 3 aromatic carbocycles. The van der Waals surface area contributed by atoms with E-state index in [2.05, 4.69) is 27.5 Å². The molecule has 10 heteroatoms. The van der Waals surface area contributed by atoms with E-state index < -0.39 is 41.9 Å². The molecule has 0 spiro atoms. The predicted molar refractivity (Wildman–Crippen MR) is 194 cm³/mol. The number of carbonyl (C=O) groups is 2. The summed E-state index contributed by atoms with van der Waals surface area (Å²) >= 11 is 0. The van der Waals surface area contributed by atoms with Crippen LogP contribution in [0, 0.1) is 5.92 Å². The van der Waals surface area contributed by atoms with Gasteiger partial charge in [0.05, 0.1) is 24.3 Å². The first kappa shape index (κ1) is 37.3. The van der Waals surface area contributed by atoms with Crippen molar-refractivity contribution in [3.05, 3.63) is 101 Å². The molecule has 1 aliphatic carbocycles. The number of likely N-dealkylation sites (N-methyl/N-ethyl adjacent to an activating group) is 1. The molecule has 1 aliphatic heterocycles. The summed E-state index contributed by atoms with van der Waals surface area (Å²) in [4.78, 5) is 31.7. The fourth-order valence-corrected chi connectivity index (χ4v) is 6.74. The second-order valence-electron chi connectivity index (χ2n) is 14.7. The Labute approximate surface area is 296 Å². The topological polar surface area (TPSA) is 124 Å². The van der Waals surface area contributed by atoms with Gasteiger partial charge in [-0.05, 0) is 81.5 Å². The summed E-state index contributed by atoms with van der Waals surface area (Å²) in [6, 6.07) is 23.8. The summed E-state index contributed by atoms with van der Waals surface area (Å²) in [6.07, 6.45) is -1.21. The lowest BCUT2D eigenvalue weighted by Crippen LogP contribution is -2.48. The van der Waals surface area contributed by atoms with Crippen molar-refractivity contribution >= 4 is 12.0 Å². The van der Waals surface area contributed by atoms with Crippen molar-refractivity contribution in [3.63, 3.8) is 0 Å². The van der Waals surface area contributed by atoms with Crippen LogP contribution < -0.4 is 15.4 Å². The lowest BCUT2D eigenvalue weighted by molar-refractivity contribution is -0.127. The van der Waals surface area contributed by atoms with Gasteiger partial charge in [-0.25, -0.2) is 4.79 Å². The van der Waals surface area contributed by atoms with Gasteiger partial charge in [0.15, 0.2) is 0 Å². The van der Waals surface area contributed by atoms with Gasteiger partial charge < -0.3 is 35.2 Å². The van der Waals surface area contributed by atoms with Crippen LogP contribution in [0.2, 0.25) is 0 Å². The highest BCUT2D eigenvalue weighted by Crippen LogP contribution is 2.32. The van der Waals surface area contributed by atoms with Crippen LogP contribution in [0.1, 0.15) is 55.5 Å². The van der Waals surface area contributed by atoms with Crippen LogP contribution in [-0.4, -0.2) is 102 Å². The van der Waals surface area contributed by atoms with Gasteiger partial charge in [-0.3, -0.25) is 9.69 Å². The number of piperazine rings is 1. The maximum absolute atomic E-state index is 14.1. The molecule has 5 rings (SSSR count). The van der Waals surface area contributed by atoms with E-state index in [1.807, 2.05) is 78.9 Å². The number of rotatable bonds is 14. The molecule has 0 radical (unpaired) electrons. The van der Waals surface area contributed by atoms with Crippen molar-refractivity contribution in [2.24, 2.45) is 5.92 Å². The van der Waals surface area contributed by atoms with E-state index in [1.54, 1.807) is 20.8 Å². The minimum Gasteiger partial charge on any atom is -0.492 e. The minimum atomic E-state index is -1.07. The predicted octanol–water partition coefficient (Wildman–Crippen LogP) is 4.13. The van der Waals surface area contributed by atoms with E-state index in [4.69, 9.17) is 9.47 Å². The summed E-state index contributed by atoms with van der Waals surface area (Å²) in [5, 5.41) is 28.6. The van der Waals surface area contributed by atoms with E-state index in [0.717, 1.165) is 60.7 Å². The van der Waals surface area contributed by atoms with Gasteiger partial charge in [0.2, 0.25) is 5.91 Å². The van der Waals surface area contributed by atoms with Gasteiger partial charge in [0.25, 0.3) is 0 Å². The Morgan fingerprint density at radius 1 is 0.900 bits per heavy atom. The Kier molecular flexibility index (Phi) is 12.9. The first-order valence-corrected chi connectivity index (χ1v) is 17.8. The highest BCUT2D eigenvalue weighted by atomic mass is 16.6. The first-order chi connectivity index (χ1) is 23.9. The molecule has 0 unspecified atom stereocenters. The quantitative estimate of drug-likeness (QED) is 0.200. The summed E-state index contributed by atoms with van der Waals surface area (Å²) in [5.74, 6) is -0.167. The molecule has 0 aromatic heterocycles. The van der Waals surface area contributed by atoms with Crippen LogP contribution in [0.4, 0.5) is 4.79 Å². The van der Waals surface area contributed by atoms with Gasteiger partial charge in [-0.1, -0.05) is 66.7 Å². The number of ether oxygens (including phenoxy) is 2. The third-order valence-corrected chi connectivity index (χ3v) is 9.54. The van der Waals surface area contributed by atoms with Crippen molar-refractivity contribution in [2.45, 2.75) is 76.3 Å². The number of fused-ring (bicyclic) bond motifs is 1. The standard InChI is InChI=1S/C40H54N4O6/c1-40(2,3)50-39(48)41-34(25-28-10-6-5-7-11-28)35(45)27-31(38(47)42-37-33-13-9-8-12-30(33)26-36(37)46)24-29-14-16-32(17-15-29)49-23-22-44-20-18-43(4)19-21-44/h5-17,31,34-37,45-46H,18-27H2,1-4H3,(H,41,48)(H,42,47)/t31-,34-,35-,36+,37-/m0/s1. The molecule has 270 valence electrons. The summed E-state index contributed by atoms with van der Waals surface area (Å²) in [7, 11) is 2.14. The number of amides is 2. The number of alkyl carbamates (subject to hydrolysis) is 1. The largest absolute Gasteiger partial charge is 0.492 e. The maximum atomic E-state index is 14.1. The average molecular weight is 687 g/mol. The van der Waals surface area contributed by atoms with E-state index in [1.165, 1.54) is 0 Å². The third kappa shape index (κ3) is 11.0. The molecule has 2 amide bonds. The Morgan fingerprint density at radius 3 is 2.26 bits per heavy atom. The fourth-order valence-electron chi connectivity index (χ4n) is 6.74. The number of aliphatic hydroxyl groups excluding tert-OH is 2.